The van der Waals surface area contributed by atoms with Crippen molar-refractivity contribution in [3.05, 3.63) is 53.7 Å². The zero-order chi connectivity index (χ0) is 14.5. The van der Waals surface area contributed by atoms with E-state index in [2.05, 4.69) is 5.32 Å². The van der Waals surface area contributed by atoms with Crippen molar-refractivity contribution in [2.24, 2.45) is 0 Å². The van der Waals surface area contributed by atoms with Crippen LogP contribution in [0, 0.1) is 5.82 Å². The van der Waals surface area contributed by atoms with E-state index in [1.165, 1.54) is 12.1 Å². The van der Waals surface area contributed by atoms with Gasteiger partial charge in [0.25, 0.3) is 5.91 Å². The lowest BCUT2D eigenvalue weighted by atomic mass is 10.1. The lowest BCUT2D eigenvalue weighted by Gasteiger charge is -2.14. The Morgan fingerprint density at radius 2 is 2.20 bits per heavy atom. The number of carbonyl (C=O) groups excluding carboxylic acids is 1. The molecule has 1 aromatic carbocycles. The standard InChI is InChI=1S/C15H16FNO3/c1-10(7-8-11-4-3-9-20-11)17-15(19)14-12(16)5-2-6-13(14)18/h2-6,9-10,18H,7-8H2,1H3,(H,17,19). The largest absolute Gasteiger partial charge is 0.507 e. The first-order chi connectivity index (χ1) is 9.58. The predicted molar refractivity (Wildman–Crippen MR) is 72.0 cm³/mol. The summed E-state index contributed by atoms with van der Waals surface area (Å²) < 4.78 is 18.7. The average Bonchev–Trinajstić information content (AvgIpc) is 2.89. The molecule has 0 saturated carbocycles. The molecule has 1 heterocycles. The van der Waals surface area contributed by atoms with Gasteiger partial charge >= 0.3 is 0 Å². The number of hydrogen-bond donors (Lipinski definition) is 2. The summed E-state index contributed by atoms with van der Waals surface area (Å²) in [5.74, 6) is -0.881. The van der Waals surface area contributed by atoms with E-state index in [0.717, 1.165) is 11.8 Å². The van der Waals surface area contributed by atoms with E-state index >= 15 is 0 Å². The van der Waals surface area contributed by atoms with Gasteiger partial charge in [0.2, 0.25) is 0 Å². The first-order valence-corrected chi connectivity index (χ1v) is 6.38. The summed E-state index contributed by atoms with van der Waals surface area (Å²) in [6, 6.07) is 7.27. The summed E-state index contributed by atoms with van der Waals surface area (Å²) in [4.78, 5) is 11.9. The SMILES string of the molecule is CC(CCc1ccco1)NC(=O)c1c(O)cccc1F. The van der Waals surface area contributed by atoms with Gasteiger partial charge in [0.1, 0.15) is 22.9 Å². The monoisotopic (exact) mass is 277 g/mol. The van der Waals surface area contributed by atoms with Crippen LogP contribution in [0.5, 0.6) is 5.75 Å². The Labute approximate surface area is 116 Å². The molecule has 2 rings (SSSR count). The second-order valence-corrected chi connectivity index (χ2v) is 4.63. The Morgan fingerprint density at radius 3 is 2.85 bits per heavy atom. The van der Waals surface area contributed by atoms with Gasteiger partial charge in [-0.1, -0.05) is 6.07 Å². The molecule has 0 fully saturated rings. The van der Waals surface area contributed by atoms with Gasteiger partial charge in [-0.05, 0) is 37.6 Å². The third-order valence-corrected chi connectivity index (χ3v) is 3.00. The molecule has 1 unspecified atom stereocenters. The number of rotatable bonds is 5. The molecule has 2 aromatic rings. The summed E-state index contributed by atoms with van der Waals surface area (Å²) in [6.07, 6.45) is 2.93. The van der Waals surface area contributed by atoms with Gasteiger partial charge in [-0.3, -0.25) is 4.79 Å². The van der Waals surface area contributed by atoms with Crippen molar-refractivity contribution in [2.45, 2.75) is 25.8 Å². The summed E-state index contributed by atoms with van der Waals surface area (Å²) in [5.41, 5.74) is -0.322. The summed E-state index contributed by atoms with van der Waals surface area (Å²) in [6.45, 7) is 1.82. The fourth-order valence-corrected chi connectivity index (χ4v) is 1.92. The summed E-state index contributed by atoms with van der Waals surface area (Å²) in [7, 11) is 0. The number of hydrogen-bond acceptors (Lipinski definition) is 3. The Morgan fingerprint density at radius 1 is 1.40 bits per heavy atom. The second kappa shape index (κ2) is 6.23. The maximum atomic E-state index is 13.5. The van der Waals surface area contributed by atoms with Gasteiger partial charge in [0.05, 0.1) is 6.26 Å². The van der Waals surface area contributed by atoms with Crippen molar-refractivity contribution < 1.29 is 18.7 Å². The van der Waals surface area contributed by atoms with Crippen LogP contribution >= 0.6 is 0 Å². The predicted octanol–water partition coefficient (Wildman–Crippen LogP) is 2.88. The Hall–Kier alpha value is -2.30. The van der Waals surface area contributed by atoms with Gasteiger partial charge in [0.15, 0.2) is 0 Å². The van der Waals surface area contributed by atoms with Crippen molar-refractivity contribution in [3.8, 4) is 5.75 Å². The van der Waals surface area contributed by atoms with Crippen molar-refractivity contribution in [2.75, 3.05) is 0 Å². The molecular weight excluding hydrogens is 261 g/mol. The fourth-order valence-electron chi connectivity index (χ4n) is 1.92. The third-order valence-electron chi connectivity index (χ3n) is 3.00. The lowest BCUT2D eigenvalue weighted by molar-refractivity contribution is 0.0931. The van der Waals surface area contributed by atoms with Crippen molar-refractivity contribution in [3.63, 3.8) is 0 Å². The van der Waals surface area contributed by atoms with Crippen molar-refractivity contribution >= 4 is 5.91 Å². The molecule has 2 N–H and O–H groups in total. The first-order valence-electron chi connectivity index (χ1n) is 6.38. The van der Waals surface area contributed by atoms with Crippen LogP contribution in [-0.4, -0.2) is 17.1 Å². The maximum Gasteiger partial charge on any atom is 0.258 e. The van der Waals surface area contributed by atoms with E-state index < -0.39 is 11.7 Å². The maximum absolute atomic E-state index is 13.5. The molecule has 1 atom stereocenters. The number of aryl methyl sites for hydroxylation is 1. The molecule has 4 nitrogen and oxygen atoms in total. The van der Waals surface area contributed by atoms with Crippen LogP contribution in [0.2, 0.25) is 0 Å². The minimum atomic E-state index is -0.735. The molecule has 1 aromatic heterocycles. The van der Waals surface area contributed by atoms with Gasteiger partial charge in [-0.2, -0.15) is 0 Å². The average molecular weight is 277 g/mol. The van der Waals surface area contributed by atoms with Crippen LogP contribution in [0.25, 0.3) is 0 Å². The highest BCUT2D eigenvalue weighted by Gasteiger charge is 2.18. The van der Waals surface area contributed by atoms with Crippen LogP contribution in [0.15, 0.2) is 41.0 Å². The van der Waals surface area contributed by atoms with Crippen molar-refractivity contribution in [1.82, 2.24) is 5.32 Å². The highest BCUT2D eigenvalue weighted by Crippen LogP contribution is 2.19. The first kappa shape index (κ1) is 14.1. The molecular formula is C15H16FNO3. The van der Waals surface area contributed by atoms with E-state index in [1.807, 2.05) is 13.0 Å². The van der Waals surface area contributed by atoms with Crippen LogP contribution < -0.4 is 5.32 Å². The number of benzene rings is 1. The molecule has 5 heteroatoms. The second-order valence-electron chi connectivity index (χ2n) is 4.63. The van der Waals surface area contributed by atoms with Crippen LogP contribution in [0.4, 0.5) is 4.39 Å². The summed E-state index contributed by atoms with van der Waals surface area (Å²) in [5, 5.41) is 12.2. The van der Waals surface area contributed by atoms with Gasteiger partial charge in [0, 0.05) is 12.5 Å². The number of furan rings is 1. The number of aromatic hydroxyl groups is 1. The highest BCUT2D eigenvalue weighted by molar-refractivity contribution is 5.97. The molecule has 0 aliphatic rings. The molecule has 0 spiro atoms. The van der Waals surface area contributed by atoms with Crippen molar-refractivity contribution in [1.29, 1.82) is 0 Å². The number of carbonyl (C=O) groups is 1. The Bertz CT molecular complexity index is 561. The number of halogens is 1. The molecule has 20 heavy (non-hydrogen) atoms. The number of amides is 1. The normalized spacial score (nSPS) is 12.1. The Kier molecular flexibility index (Phi) is 4.40. The molecule has 0 radical (unpaired) electrons. The van der Waals surface area contributed by atoms with E-state index in [-0.39, 0.29) is 17.4 Å². The van der Waals surface area contributed by atoms with Crippen LogP contribution in [-0.2, 0) is 6.42 Å². The minimum Gasteiger partial charge on any atom is -0.507 e. The fraction of sp³-hybridized carbons (Fsp3) is 0.267. The topological polar surface area (TPSA) is 62.5 Å². The lowest BCUT2D eigenvalue weighted by Crippen LogP contribution is -2.33. The molecule has 0 saturated heterocycles. The Balaban J connectivity index is 1.93. The molecule has 0 bridgehead atoms. The number of nitrogens with one attached hydrogen (secondary N) is 1. The molecule has 0 aliphatic heterocycles. The molecule has 1 amide bonds. The van der Waals surface area contributed by atoms with Gasteiger partial charge in [-0.25, -0.2) is 4.39 Å². The van der Waals surface area contributed by atoms with E-state index in [4.69, 9.17) is 4.42 Å². The molecule has 0 aliphatic carbocycles. The van der Waals surface area contributed by atoms with E-state index in [0.29, 0.717) is 12.8 Å². The summed E-state index contributed by atoms with van der Waals surface area (Å²) >= 11 is 0. The van der Waals surface area contributed by atoms with E-state index in [9.17, 15) is 14.3 Å². The quantitative estimate of drug-likeness (QED) is 0.883. The van der Waals surface area contributed by atoms with Crippen LogP contribution in [0.3, 0.4) is 0 Å². The zero-order valence-electron chi connectivity index (χ0n) is 11.1. The zero-order valence-corrected chi connectivity index (χ0v) is 11.1. The smallest absolute Gasteiger partial charge is 0.258 e. The van der Waals surface area contributed by atoms with Gasteiger partial charge < -0.3 is 14.8 Å². The van der Waals surface area contributed by atoms with Gasteiger partial charge in [-0.15, -0.1) is 0 Å². The van der Waals surface area contributed by atoms with Crippen LogP contribution in [0.1, 0.15) is 29.5 Å². The molecule has 106 valence electrons. The number of phenols is 1. The number of phenolic OH excluding ortho intramolecular Hbond substituents is 1. The third kappa shape index (κ3) is 3.38. The highest BCUT2D eigenvalue weighted by atomic mass is 19.1. The minimum absolute atomic E-state index is 0.161. The van der Waals surface area contributed by atoms with E-state index in [1.54, 1.807) is 12.3 Å².